The molecule has 2 aromatic rings. The first-order chi connectivity index (χ1) is 11.4. The Bertz CT molecular complexity index is 816. The molecule has 0 radical (unpaired) electrons. The van der Waals surface area contributed by atoms with Crippen LogP contribution in [-0.4, -0.2) is 23.3 Å². The predicted molar refractivity (Wildman–Crippen MR) is 98.7 cm³/mol. The Kier molecular flexibility index (Phi) is 4.64. The van der Waals surface area contributed by atoms with E-state index in [4.69, 9.17) is 0 Å². The molecule has 1 aliphatic rings. The third kappa shape index (κ3) is 2.83. The fourth-order valence-electron chi connectivity index (χ4n) is 3.04. The highest BCUT2D eigenvalue weighted by atomic mass is 79.9. The zero-order valence-corrected chi connectivity index (χ0v) is 15.9. The van der Waals surface area contributed by atoms with Crippen molar-refractivity contribution in [2.24, 2.45) is 0 Å². The van der Waals surface area contributed by atoms with Crippen LogP contribution in [0.2, 0.25) is 0 Å². The fraction of sp³-hybridized carbons (Fsp3) is 0.333. The molecule has 0 saturated heterocycles. The summed E-state index contributed by atoms with van der Waals surface area (Å²) in [6.45, 7) is 4.41. The van der Waals surface area contributed by atoms with E-state index in [-0.39, 0.29) is 12.2 Å². The monoisotopic (exact) mass is 407 g/mol. The number of fused-ring (bicyclic) bond motifs is 1. The third-order valence-corrected chi connectivity index (χ3v) is 5.71. The number of ketones is 1. The topological polar surface area (TPSA) is 57.6 Å². The second-order valence-corrected chi connectivity index (χ2v) is 8.19. The van der Waals surface area contributed by atoms with Crippen LogP contribution >= 0.6 is 27.3 Å². The van der Waals surface area contributed by atoms with Crippen molar-refractivity contribution in [1.29, 1.82) is 0 Å². The molecule has 1 aliphatic heterocycles. The number of Topliss-reactive ketones (excluding diaryl/α,β-unsaturated/α-hetero) is 1. The maximum Gasteiger partial charge on any atom is 0.264 e. The van der Waals surface area contributed by atoms with E-state index in [1.165, 1.54) is 11.3 Å². The van der Waals surface area contributed by atoms with Gasteiger partial charge in [-0.2, -0.15) is 0 Å². The van der Waals surface area contributed by atoms with Crippen molar-refractivity contribution in [3.05, 3.63) is 50.1 Å². The third-order valence-electron chi connectivity index (χ3n) is 4.17. The minimum Gasteiger partial charge on any atom is -0.375 e. The molecule has 2 heterocycles. The molecule has 1 amide bonds. The van der Waals surface area contributed by atoms with Gasteiger partial charge in [0, 0.05) is 21.5 Å². The molecule has 1 aromatic carbocycles. The standard InChI is InChI=1S/C18H18BrNO3S/c1-3-8-20-14-6-5-12(19)9-13(14)18(23,17(20)22)10-15(21)16-7-4-11(2)24-16/h4-7,9,23H,3,8,10H2,1-2H3/t18-/m1/s1. The number of rotatable bonds is 5. The van der Waals surface area contributed by atoms with Crippen molar-refractivity contribution >= 4 is 44.6 Å². The molecule has 0 saturated carbocycles. The SMILES string of the molecule is CCCN1C(=O)[C@@](O)(CC(=O)c2ccc(C)s2)c2cc(Br)ccc21. The smallest absolute Gasteiger partial charge is 0.264 e. The number of aliphatic hydroxyl groups is 1. The van der Waals surface area contributed by atoms with Crippen LogP contribution in [0.15, 0.2) is 34.8 Å². The Hall–Kier alpha value is -1.50. The normalized spacial score (nSPS) is 19.7. The summed E-state index contributed by atoms with van der Waals surface area (Å²) in [5.74, 6) is -0.632. The van der Waals surface area contributed by atoms with Gasteiger partial charge in [-0.3, -0.25) is 9.59 Å². The fourth-order valence-corrected chi connectivity index (χ4v) is 4.21. The van der Waals surface area contributed by atoms with Gasteiger partial charge in [-0.15, -0.1) is 11.3 Å². The second-order valence-electron chi connectivity index (χ2n) is 5.99. The van der Waals surface area contributed by atoms with E-state index in [2.05, 4.69) is 15.9 Å². The van der Waals surface area contributed by atoms with Gasteiger partial charge in [0.15, 0.2) is 11.4 Å². The van der Waals surface area contributed by atoms with E-state index in [1.54, 1.807) is 17.0 Å². The molecule has 24 heavy (non-hydrogen) atoms. The van der Waals surface area contributed by atoms with Crippen molar-refractivity contribution in [1.82, 2.24) is 0 Å². The summed E-state index contributed by atoms with van der Waals surface area (Å²) in [5, 5.41) is 11.1. The largest absolute Gasteiger partial charge is 0.375 e. The number of amides is 1. The number of carbonyl (C=O) groups excluding carboxylic acids is 2. The summed E-state index contributed by atoms with van der Waals surface area (Å²) < 4.78 is 0.769. The van der Waals surface area contributed by atoms with Gasteiger partial charge in [-0.25, -0.2) is 0 Å². The van der Waals surface area contributed by atoms with Crippen LogP contribution in [0.25, 0.3) is 0 Å². The van der Waals surface area contributed by atoms with Crippen LogP contribution < -0.4 is 4.90 Å². The molecule has 6 heteroatoms. The zero-order valence-electron chi connectivity index (χ0n) is 13.5. The number of thiophene rings is 1. The summed E-state index contributed by atoms with van der Waals surface area (Å²) in [6, 6.07) is 8.99. The Balaban J connectivity index is 2.01. The van der Waals surface area contributed by atoms with Crippen LogP contribution in [-0.2, 0) is 10.4 Å². The van der Waals surface area contributed by atoms with Gasteiger partial charge < -0.3 is 10.0 Å². The van der Waals surface area contributed by atoms with Crippen molar-refractivity contribution in [3.63, 3.8) is 0 Å². The van der Waals surface area contributed by atoms with Gasteiger partial charge in [-0.05, 0) is 43.7 Å². The lowest BCUT2D eigenvalue weighted by atomic mass is 9.89. The van der Waals surface area contributed by atoms with Crippen molar-refractivity contribution in [2.45, 2.75) is 32.3 Å². The van der Waals surface area contributed by atoms with E-state index < -0.39 is 11.5 Å². The molecule has 1 aromatic heterocycles. The number of anilines is 1. The lowest BCUT2D eigenvalue weighted by Crippen LogP contribution is -2.42. The van der Waals surface area contributed by atoms with Crippen molar-refractivity contribution in [2.75, 3.05) is 11.4 Å². The molecular formula is C18H18BrNO3S. The predicted octanol–water partition coefficient (Wildman–Crippen LogP) is 4.04. The molecule has 0 bridgehead atoms. The number of hydrogen-bond donors (Lipinski definition) is 1. The first kappa shape index (κ1) is 17.3. The molecule has 4 nitrogen and oxygen atoms in total. The summed E-state index contributed by atoms with van der Waals surface area (Å²) in [6.07, 6.45) is 0.533. The number of nitrogens with zero attached hydrogens (tertiary/aromatic N) is 1. The molecule has 126 valence electrons. The van der Waals surface area contributed by atoms with Crippen LogP contribution in [0.5, 0.6) is 0 Å². The van der Waals surface area contributed by atoms with Gasteiger partial charge in [-0.1, -0.05) is 22.9 Å². The van der Waals surface area contributed by atoms with Gasteiger partial charge in [0.1, 0.15) is 0 Å². The van der Waals surface area contributed by atoms with E-state index in [0.717, 1.165) is 15.8 Å². The Morgan fingerprint density at radius 2 is 2.08 bits per heavy atom. The van der Waals surface area contributed by atoms with Crippen LogP contribution in [0, 0.1) is 6.92 Å². The average molecular weight is 408 g/mol. The highest BCUT2D eigenvalue weighted by Gasteiger charge is 2.50. The molecule has 0 aliphatic carbocycles. The maximum atomic E-state index is 12.9. The minimum absolute atomic E-state index is 0.215. The molecule has 3 rings (SSSR count). The Morgan fingerprint density at radius 1 is 1.33 bits per heavy atom. The lowest BCUT2D eigenvalue weighted by molar-refractivity contribution is -0.135. The summed E-state index contributed by atoms with van der Waals surface area (Å²) in [5.41, 5.74) is -0.622. The Morgan fingerprint density at radius 3 is 2.71 bits per heavy atom. The first-order valence-electron chi connectivity index (χ1n) is 7.81. The van der Waals surface area contributed by atoms with E-state index >= 15 is 0 Å². The van der Waals surface area contributed by atoms with Gasteiger partial charge in [0.2, 0.25) is 0 Å². The van der Waals surface area contributed by atoms with Crippen LogP contribution in [0.1, 0.15) is 39.9 Å². The summed E-state index contributed by atoms with van der Waals surface area (Å²) in [4.78, 5) is 28.6. The number of benzene rings is 1. The number of hydrogen-bond acceptors (Lipinski definition) is 4. The van der Waals surface area contributed by atoms with E-state index in [9.17, 15) is 14.7 Å². The van der Waals surface area contributed by atoms with Crippen molar-refractivity contribution in [3.8, 4) is 0 Å². The Labute approximate surface area is 153 Å². The van der Waals surface area contributed by atoms with Crippen LogP contribution in [0.4, 0.5) is 5.69 Å². The quantitative estimate of drug-likeness (QED) is 0.760. The second kappa shape index (κ2) is 6.43. The summed E-state index contributed by atoms with van der Waals surface area (Å²) in [7, 11) is 0. The first-order valence-corrected chi connectivity index (χ1v) is 9.41. The molecule has 1 N–H and O–H groups in total. The molecule has 0 fully saturated rings. The molecule has 0 spiro atoms. The minimum atomic E-state index is -1.80. The maximum absolute atomic E-state index is 12.9. The molecule has 1 atom stereocenters. The highest BCUT2D eigenvalue weighted by Crippen LogP contribution is 2.44. The molecular weight excluding hydrogens is 390 g/mol. The van der Waals surface area contributed by atoms with Crippen molar-refractivity contribution < 1.29 is 14.7 Å². The van der Waals surface area contributed by atoms with Gasteiger partial charge in [0.05, 0.1) is 17.0 Å². The average Bonchev–Trinajstić information content (AvgIpc) is 3.05. The number of carbonyl (C=O) groups is 2. The highest BCUT2D eigenvalue weighted by molar-refractivity contribution is 9.10. The van der Waals surface area contributed by atoms with E-state index in [0.29, 0.717) is 22.7 Å². The van der Waals surface area contributed by atoms with Gasteiger partial charge >= 0.3 is 0 Å². The van der Waals surface area contributed by atoms with E-state index in [1.807, 2.05) is 32.0 Å². The lowest BCUT2D eigenvalue weighted by Gasteiger charge is -2.22. The van der Waals surface area contributed by atoms with Crippen LogP contribution in [0.3, 0.4) is 0 Å². The number of halogens is 1. The number of aryl methyl sites for hydroxylation is 1. The van der Waals surface area contributed by atoms with Gasteiger partial charge in [0.25, 0.3) is 5.91 Å². The summed E-state index contributed by atoms with van der Waals surface area (Å²) >= 11 is 4.77. The molecule has 0 unspecified atom stereocenters. The zero-order chi connectivity index (χ0) is 17.5.